The van der Waals surface area contributed by atoms with E-state index in [0.29, 0.717) is 0 Å². The number of fused-ring (bicyclic) bond motifs is 1. The summed E-state index contributed by atoms with van der Waals surface area (Å²) in [5, 5.41) is 3.60. The summed E-state index contributed by atoms with van der Waals surface area (Å²) in [5.41, 5.74) is 2.13. The fourth-order valence-corrected chi connectivity index (χ4v) is 3.06. The molecule has 1 N–H and O–H groups in total. The molecule has 0 unspecified atom stereocenters. The van der Waals surface area contributed by atoms with Gasteiger partial charge in [0, 0.05) is 44.8 Å². The van der Waals surface area contributed by atoms with E-state index in [2.05, 4.69) is 19.7 Å². The number of imidazole rings is 2. The van der Waals surface area contributed by atoms with Gasteiger partial charge in [-0.1, -0.05) is 6.07 Å². The van der Waals surface area contributed by atoms with Crippen molar-refractivity contribution in [3.05, 3.63) is 54.5 Å². The van der Waals surface area contributed by atoms with Crippen LogP contribution < -0.4 is 5.32 Å². The van der Waals surface area contributed by atoms with Crippen molar-refractivity contribution in [1.29, 1.82) is 0 Å². The lowest BCUT2D eigenvalue weighted by molar-refractivity contribution is 0.0892. The van der Waals surface area contributed by atoms with Crippen LogP contribution in [0.25, 0.3) is 5.65 Å². The second-order valence-electron chi connectivity index (χ2n) is 5.64. The molecular weight excluding hydrogens is 278 g/mol. The van der Waals surface area contributed by atoms with Crippen LogP contribution in [0, 0.1) is 0 Å². The van der Waals surface area contributed by atoms with Gasteiger partial charge in [0.2, 0.25) is 0 Å². The third-order valence-corrected chi connectivity index (χ3v) is 4.24. The first-order valence-corrected chi connectivity index (χ1v) is 7.56. The monoisotopic (exact) mass is 297 g/mol. The molecule has 1 saturated heterocycles. The van der Waals surface area contributed by atoms with Crippen molar-refractivity contribution in [3.63, 3.8) is 0 Å². The van der Waals surface area contributed by atoms with E-state index in [1.54, 1.807) is 0 Å². The van der Waals surface area contributed by atoms with E-state index in [0.717, 1.165) is 36.7 Å². The predicted molar refractivity (Wildman–Crippen MR) is 82.3 cm³/mol. The maximum Gasteiger partial charge on any atom is 0.139 e. The minimum atomic E-state index is 0.0131. The van der Waals surface area contributed by atoms with Crippen molar-refractivity contribution >= 4 is 5.65 Å². The average molecular weight is 297 g/mol. The molecule has 0 aromatic carbocycles. The van der Waals surface area contributed by atoms with E-state index < -0.39 is 0 Å². The molecule has 22 heavy (non-hydrogen) atoms. The number of aryl methyl sites for hydroxylation is 1. The highest BCUT2D eigenvalue weighted by Gasteiger charge is 2.32. The Morgan fingerprint density at radius 3 is 3.14 bits per heavy atom. The standard InChI is InChI=1S/C16H19N5O/c1-20-8-6-17-16(20)15-13(5-9-22-15)18-10-12-11-19-14-4-2-3-7-21(12)14/h2-4,6-8,11,13,15,18H,5,9-10H2,1H3/t13-,15-/m0/s1. The van der Waals surface area contributed by atoms with Gasteiger partial charge in [-0.2, -0.15) is 0 Å². The molecule has 0 spiro atoms. The molecule has 0 bridgehead atoms. The molecule has 1 aliphatic rings. The van der Waals surface area contributed by atoms with Crippen LogP contribution in [0.3, 0.4) is 0 Å². The number of hydrogen-bond acceptors (Lipinski definition) is 4. The summed E-state index contributed by atoms with van der Waals surface area (Å²) < 4.78 is 10.0. The molecule has 0 aliphatic carbocycles. The van der Waals surface area contributed by atoms with Crippen LogP contribution in [0.2, 0.25) is 0 Å². The van der Waals surface area contributed by atoms with Gasteiger partial charge in [0.15, 0.2) is 0 Å². The number of nitrogens with zero attached hydrogens (tertiary/aromatic N) is 4. The number of aromatic nitrogens is 4. The third kappa shape index (κ3) is 2.30. The summed E-state index contributed by atoms with van der Waals surface area (Å²) in [5.74, 6) is 0.980. The molecular formula is C16H19N5O. The van der Waals surface area contributed by atoms with Gasteiger partial charge in [-0.05, 0) is 18.6 Å². The molecule has 1 fully saturated rings. The molecule has 6 nitrogen and oxygen atoms in total. The van der Waals surface area contributed by atoms with Gasteiger partial charge in [0.25, 0.3) is 0 Å². The maximum atomic E-state index is 5.88. The topological polar surface area (TPSA) is 56.4 Å². The Balaban J connectivity index is 1.50. The number of nitrogens with one attached hydrogen (secondary N) is 1. The number of ether oxygens (including phenoxy) is 1. The van der Waals surface area contributed by atoms with Crippen molar-refractivity contribution in [2.45, 2.75) is 25.1 Å². The Hall–Kier alpha value is -2.18. The zero-order valence-corrected chi connectivity index (χ0v) is 12.5. The van der Waals surface area contributed by atoms with Gasteiger partial charge in [-0.25, -0.2) is 9.97 Å². The molecule has 0 amide bonds. The molecule has 4 heterocycles. The number of hydrogen-bond donors (Lipinski definition) is 1. The first kappa shape index (κ1) is 13.5. The number of pyridine rings is 1. The van der Waals surface area contributed by atoms with E-state index >= 15 is 0 Å². The Morgan fingerprint density at radius 1 is 1.32 bits per heavy atom. The summed E-state index contributed by atoms with van der Waals surface area (Å²) in [6, 6.07) is 6.31. The highest BCUT2D eigenvalue weighted by Crippen LogP contribution is 2.28. The van der Waals surface area contributed by atoms with Crippen molar-refractivity contribution in [1.82, 2.24) is 24.3 Å². The smallest absolute Gasteiger partial charge is 0.139 e. The zero-order chi connectivity index (χ0) is 14.9. The molecule has 0 saturated carbocycles. The van der Waals surface area contributed by atoms with Crippen LogP contribution in [-0.4, -0.2) is 31.6 Å². The molecule has 6 heteroatoms. The average Bonchev–Trinajstić information content (AvgIpc) is 3.24. The van der Waals surface area contributed by atoms with Gasteiger partial charge in [-0.15, -0.1) is 0 Å². The van der Waals surface area contributed by atoms with Crippen LogP contribution in [0.4, 0.5) is 0 Å². The summed E-state index contributed by atoms with van der Waals surface area (Å²) in [7, 11) is 2.01. The highest BCUT2D eigenvalue weighted by atomic mass is 16.5. The fourth-order valence-electron chi connectivity index (χ4n) is 3.06. The van der Waals surface area contributed by atoms with Gasteiger partial charge >= 0.3 is 0 Å². The van der Waals surface area contributed by atoms with E-state index in [4.69, 9.17) is 4.74 Å². The van der Waals surface area contributed by atoms with Gasteiger partial charge in [0.05, 0.1) is 11.9 Å². The van der Waals surface area contributed by atoms with Crippen LogP contribution in [0.15, 0.2) is 43.0 Å². The largest absolute Gasteiger partial charge is 0.369 e. The van der Waals surface area contributed by atoms with Gasteiger partial charge in [0.1, 0.15) is 17.6 Å². The minimum Gasteiger partial charge on any atom is -0.369 e. The molecule has 4 rings (SSSR count). The summed E-state index contributed by atoms with van der Waals surface area (Å²) >= 11 is 0. The quantitative estimate of drug-likeness (QED) is 0.796. The van der Waals surface area contributed by atoms with Crippen molar-refractivity contribution < 1.29 is 4.74 Å². The molecule has 0 radical (unpaired) electrons. The van der Waals surface area contributed by atoms with E-state index in [-0.39, 0.29) is 12.1 Å². The van der Waals surface area contributed by atoms with Gasteiger partial charge in [-0.3, -0.25) is 0 Å². The zero-order valence-electron chi connectivity index (χ0n) is 12.5. The van der Waals surface area contributed by atoms with E-state index in [1.807, 2.05) is 54.6 Å². The maximum absolute atomic E-state index is 5.88. The van der Waals surface area contributed by atoms with E-state index in [9.17, 15) is 0 Å². The Bertz CT molecular complexity index is 778. The Morgan fingerprint density at radius 2 is 2.27 bits per heavy atom. The fraction of sp³-hybridized carbons (Fsp3) is 0.375. The van der Waals surface area contributed by atoms with Crippen LogP contribution in [0.5, 0.6) is 0 Å². The van der Waals surface area contributed by atoms with Crippen molar-refractivity contribution in [2.75, 3.05) is 6.61 Å². The van der Waals surface area contributed by atoms with Crippen LogP contribution >= 0.6 is 0 Å². The molecule has 1 aliphatic heterocycles. The normalized spacial score (nSPS) is 21.7. The second-order valence-corrected chi connectivity index (χ2v) is 5.64. The molecule has 3 aromatic heterocycles. The molecule has 2 atom stereocenters. The lowest BCUT2D eigenvalue weighted by atomic mass is 10.1. The molecule has 3 aromatic rings. The third-order valence-electron chi connectivity index (χ3n) is 4.24. The highest BCUT2D eigenvalue weighted by molar-refractivity contribution is 5.39. The van der Waals surface area contributed by atoms with Crippen molar-refractivity contribution in [3.8, 4) is 0 Å². The summed E-state index contributed by atoms with van der Waals surface area (Å²) in [4.78, 5) is 8.85. The first-order chi connectivity index (χ1) is 10.8. The molecule has 114 valence electrons. The van der Waals surface area contributed by atoms with Crippen LogP contribution in [0.1, 0.15) is 24.0 Å². The minimum absolute atomic E-state index is 0.0131. The van der Waals surface area contributed by atoms with Crippen molar-refractivity contribution in [2.24, 2.45) is 7.05 Å². The number of rotatable bonds is 4. The van der Waals surface area contributed by atoms with E-state index in [1.165, 1.54) is 0 Å². The van der Waals surface area contributed by atoms with Crippen LogP contribution in [-0.2, 0) is 18.3 Å². The lowest BCUT2D eigenvalue weighted by Crippen LogP contribution is -2.32. The Kier molecular flexibility index (Phi) is 3.40. The SMILES string of the molecule is Cn1ccnc1[C@H]1OCC[C@@H]1NCc1cnc2ccccn12. The lowest BCUT2D eigenvalue weighted by Gasteiger charge is -2.19. The summed E-state index contributed by atoms with van der Waals surface area (Å²) in [6.07, 6.45) is 8.75. The summed E-state index contributed by atoms with van der Waals surface area (Å²) in [6.45, 7) is 1.53. The predicted octanol–water partition coefficient (Wildman–Crippen LogP) is 1.69. The first-order valence-electron chi connectivity index (χ1n) is 7.56. The second kappa shape index (κ2) is 5.55. The van der Waals surface area contributed by atoms with Gasteiger partial charge < -0.3 is 19.0 Å². The Labute approximate surface area is 128 Å².